The van der Waals surface area contributed by atoms with Crippen LogP contribution in [-0.2, 0) is 11.3 Å². The number of hydrogen-bond acceptors (Lipinski definition) is 6. The molecule has 1 saturated carbocycles. The molecule has 1 saturated heterocycles. The molecule has 1 aliphatic carbocycles. The minimum Gasteiger partial charge on any atom is -0.389 e. The van der Waals surface area contributed by atoms with Crippen LogP contribution in [0, 0.1) is 6.92 Å². The first kappa shape index (κ1) is 25.9. The van der Waals surface area contributed by atoms with Crippen LogP contribution < -0.4 is 16.3 Å². The van der Waals surface area contributed by atoms with Crippen LogP contribution in [0.15, 0.2) is 23.0 Å². The van der Waals surface area contributed by atoms with E-state index < -0.39 is 11.7 Å². The molecule has 4 rings (SSSR count). The van der Waals surface area contributed by atoms with Crippen molar-refractivity contribution in [2.45, 2.75) is 69.8 Å². The molecule has 2 aliphatic rings. The van der Waals surface area contributed by atoms with Gasteiger partial charge in [0.15, 0.2) is 0 Å². The van der Waals surface area contributed by atoms with Gasteiger partial charge in [-0.25, -0.2) is 4.79 Å². The first-order valence-electron chi connectivity index (χ1n) is 12.4. The summed E-state index contributed by atoms with van der Waals surface area (Å²) in [6, 6.07) is 5.00. The Kier molecular flexibility index (Phi) is 8.34. The van der Waals surface area contributed by atoms with Crippen molar-refractivity contribution in [1.82, 2.24) is 20.2 Å². The van der Waals surface area contributed by atoms with Crippen LogP contribution in [0.4, 0.5) is 0 Å². The van der Waals surface area contributed by atoms with E-state index >= 15 is 0 Å². The van der Waals surface area contributed by atoms with Crippen molar-refractivity contribution in [2.75, 3.05) is 26.2 Å². The van der Waals surface area contributed by atoms with Gasteiger partial charge in [0.05, 0.1) is 47.2 Å². The molecular formula is C25H35ClN4O5. The van der Waals surface area contributed by atoms with Gasteiger partial charge in [0, 0.05) is 30.9 Å². The van der Waals surface area contributed by atoms with E-state index in [2.05, 4.69) is 15.6 Å². The Bertz CT molecular complexity index is 1090. The van der Waals surface area contributed by atoms with E-state index in [4.69, 9.17) is 16.3 Å². The molecule has 1 atom stereocenters. The maximum Gasteiger partial charge on any atom is 0.326 e. The van der Waals surface area contributed by atoms with Crippen molar-refractivity contribution in [3.8, 4) is 11.3 Å². The molecule has 0 radical (unpaired) electrons. The predicted molar refractivity (Wildman–Crippen MR) is 134 cm³/mol. The Morgan fingerprint density at radius 2 is 2.00 bits per heavy atom. The number of nitrogens with one attached hydrogen (secondary N) is 3. The molecular weight excluding hydrogens is 472 g/mol. The largest absolute Gasteiger partial charge is 0.389 e. The zero-order valence-electron chi connectivity index (χ0n) is 20.1. The Hall–Kier alpha value is -2.17. The maximum absolute atomic E-state index is 12.9. The van der Waals surface area contributed by atoms with Gasteiger partial charge in [0.25, 0.3) is 5.91 Å². The summed E-state index contributed by atoms with van der Waals surface area (Å²) in [5.74, 6) is -0.369. The third kappa shape index (κ3) is 6.34. The highest BCUT2D eigenvalue weighted by molar-refractivity contribution is 6.34. The molecule has 1 unspecified atom stereocenters. The fraction of sp³-hybridized carbons (Fsp3) is 0.600. The molecule has 0 bridgehead atoms. The van der Waals surface area contributed by atoms with E-state index in [-0.39, 0.29) is 48.0 Å². The summed E-state index contributed by atoms with van der Waals surface area (Å²) in [6.45, 7) is 3.75. The van der Waals surface area contributed by atoms with Gasteiger partial charge in [-0.3, -0.25) is 9.36 Å². The summed E-state index contributed by atoms with van der Waals surface area (Å²) in [7, 11) is 0. The van der Waals surface area contributed by atoms with Crippen molar-refractivity contribution in [3.05, 3.63) is 45.0 Å². The number of hydrogen-bond donors (Lipinski definition) is 5. The standard InChI is InChI=1S/C25H35ClN4O5/c1-16-22(29-24(33)30(16)13-18(31)14-35-19-11-27-12-19)17-6-7-21(26)20(10-17)23(32)28-15-25(34)8-4-2-3-5-9-25/h6-7,10,18-19,27,31,34H,2-5,8-9,11-15H2,1H3,(H,28,32)(H,29,33). The number of halogens is 1. The quantitative estimate of drug-likeness (QED) is 0.331. The fourth-order valence-electron chi connectivity index (χ4n) is 4.70. The zero-order valence-corrected chi connectivity index (χ0v) is 20.9. The molecule has 0 spiro atoms. The van der Waals surface area contributed by atoms with Crippen LogP contribution >= 0.6 is 11.6 Å². The smallest absolute Gasteiger partial charge is 0.326 e. The van der Waals surface area contributed by atoms with E-state index in [0.29, 0.717) is 29.8 Å². The van der Waals surface area contributed by atoms with Gasteiger partial charge < -0.3 is 30.6 Å². The van der Waals surface area contributed by atoms with Crippen molar-refractivity contribution >= 4 is 17.5 Å². The Morgan fingerprint density at radius 3 is 2.66 bits per heavy atom. The van der Waals surface area contributed by atoms with Crippen LogP contribution in [-0.4, -0.2) is 69.7 Å². The second-order valence-corrected chi connectivity index (χ2v) is 10.2. The van der Waals surface area contributed by atoms with Crippen LogP contribution in [0.25, 0.3) is 11.3 Å². The van der Waals surface area contributed by atoms with Gasteiger partial charge >= 0.3 is 5.69 Å². The molecule has 1 aromatic heterocycles. The van der Waals surface area contributed by atoms with Gasteiger partial charge in [0.2, 0.25) is 0 Å². The number of imidazole rings is 1. The maximum atomic E-state index is 12.9. The van der Waals surface area contributed by atoms with Crippen molar-refractivity contribution < 1.29 is 19.7 Å². The van der Waals surface area contributed by atoms with Crippen molar-refractivity contribution in [1.29, 1.82) is 0 Å². The summed E-state index contributed by atoms with van der Waals surface area (Å²) < 4.78 is 7.07. The Balaban J connectivity index is 1.46. The topological polar surface area (TPSA) is 129 Å². The predicted octanol–water partition coefficient (Wildman–Crippen LogP) is 1.97. The zero-order chi connectivity index (χ0) is 25.0. The number of aliphatic hydroxyl groups excluding tert-OH is 1. The summed E-state index contributed by atoms with van der Waals surface area (Å²) in [5.41, 5.74) is 0.859. The lowest BCUT2D eigenvalue weighted by atomic mass is 9.94. The number of amides is 1. The molecule has 5 N–H and O–H groups in total. The van der Waals surface area contributed by atoms with Crippen LogP contribution in [0.1, 0.15) is 54.6 Å². The average molecular weight is 507 g/mol. The van der Waals surface area contributed by atoms with E-state index in [0.717, 1.165) is 38.8 Å². The molecule has 2 fully saturated rings. The number of benzene rings is 1. The average Bonchev–Trinajstić information content (AvgIpc) is 2.95. The molecule has 35 heavy (non-hydrogen) atoms. The summed E-state index contributed by atoms with van der Waals surface area (Å²) >= 11 is 6.33. The first-order valence-corrected chi connectivity index (χ1v) is 12.7. The van der Waals surface area contributed by atoms with Gasteiger partial charge in [-0.05, 0) is 31.9 Å². The van der Waals surface area contributed by atoms with Crippen LogP contribution in [0.3, 0.4) is 0 Å². The number of rotatable bonds is 9. The van der Waals surface area contributed by atoms with Crippen LogP contribution in [0.2, 0.25) is 5.02 Å². The molecule has 192 valence electrons. The highest BCUT2D eigenvalue weighted by Crippen LogP contribution is 2.28. The molecule has 1 aliphatic heterocycles. The SMILES string of the molecule is Cc1c(-c2ccc(Cl)c(C(=O)NCC3(O)CCCCCC3)c2)[nH]c(=O)n1CC(O)COC1CNC1. The number of aromatic amines is 1. The third-order valence-corrected chi connectivity index (χ3v) is 7.35. The number of carbonyl (C=O) groups is 1. The molecule has 10 heteroatoms. The second-order valence-electron chi connectivity index (χ2n) is 9.78. The fourth-order valence-corrected chi connectivity index (χ4v) is 4.91. The summed E-state index contributed by atoms with van der Waals surface area (Å²) in [4.78, 5) is 28.4. The normalized spacial score (nSPS) is 19.1. The van der Waals surface area contributed by atoms with E-state index in [1.807, 2.05) is 0 Å². The second kappa shape index (κ2) is 11.3. The highest BCUT2D eigenvalue weighted by atomic mass is 35.5. The van der Waals surface area contributed by atoms with Gasteiger partial charge in [0.1, 0.15) is 0 Å². The lowest BCUT2D eigenvalue weighted by Crippen LogP contribution is -2.49. The number of H-pyrrole nitrogens is 1. The monoisotopic (exact) mass is 506 g/mol. The summed E-state index contributed by atoms with van der Waals surface area (Å²) in [5, 5.41) is 27.4. The molecule has 1 aromatic carbocycles. The Morgan fingerprint density at radius 1 is 1.29 bits per heavy atom. The van der Waals surface area contributed by atoms with Gasteiger partial charge in [-0.2, -0.15) is 0 Å². The lowest BCUT2D eigenvalue weighted by Gasteiger charge is -2.28. The molecule has 9 nitrogen and oxygen atoms in total. The number of aliphatic hydroxyl groups is 2. The third-order valence-electron chi connectivity index (χ3n) is 7.02. The van der Waals surface area contributed by atoms with Crippen molar-refractivity contribution in [3.63, 3.8) is 0 Å². The Labute approximate surface area is 209 Å². The van der Waals surface area contributed by atoms with Crippen molar-refractivity contribution in [2.24, 2.45) is 0 Å². The number of ether oxygens (including phenoxy) is 1. The number of aromatic nitrogens is 2. The van der Waals surface area contributed by atoms with E-state index in [1.165, 1.54) is 4.57 Å². The van der Waals surface area contributed by atoms with Gasteiger partial charge in [-0.1, -0.05) is 43.4 Å². The number of carbonyl (C=O) groups excluding carboxylic acids is 1. The molecule has 2 aromatic rings. The molecule has 1 amide bonds. The first-order chi connectivity index (χ1) is 16.8. The van der Waals surface area contributed by atoms with Gasteiger partial charge in [-0.15, -0.1) is 0 Å². The number of nitrogens with zero attached hydrogens (tertiary/aromatic N) is 1. The van der Waals surface area contributed by atoms with Crippen LogP contribution in [0.5, 0.6) is 0 Å². The molecule has 2 heterocycles. The van der Waals surface area contributed by atoms with E-state index in [1.54, 1.807) is 25.1 Å². The minimum atomic E-state index is -0.894. The highest BCUT2D eigenvalue weighted by Gasteiger charge is 2.29. The lowest BCUT2D eigenvalue weighted by molar-refractivity contribution is -0.0347. The minimum absolute atomic E-state index is 0.0980. The van der Waals surface area contributed by atoms with E-state index in [9.17, 15) is 19.8 Å². The summed E-state index contributed by atoms with van der Waals surface area (Å²) in [6.07, 6.45) is 4.72.